The third-order valence-corrected chi connectivity index (χ3v) is 5.50. The van der Waals surface area contributed by atoms with Gasteiger partial charge in [0, 0.05) is 11.9 Å². The van der Waals surface area contributed by atoms with E-state index in [1.807, 2.05) is 25.1 Å². The molecule has 0 spiro atoms. The summed E-state index contributed by atoms with van der Waals surface area (Å²) in [6.07, 6.45) is 1.76. The van der Waals surface area contributed by atoms with Gasteiger partial charge in [-0.1, -0.05) is 48.9 Å². The van der Waals surface area contributed by atoms with E-state index in [0.717, 1.165) is 28.6 Å². The van der Waals surface area contributed by atoms with E-state index in [0.29, 0.717) is 22.4 Å². The second kappa shape index (κ2) is 7.52. The molecule has 1 amide bonds. The number of carbonyl (C=O) groups is 1. The van der Waals surface area contributed by atoms with Crippen LogP contribution >= 0.6 is 11.3 Å². The van der Waals surface area contributed by atoms with Gasteiger partial charge in [-0.15, -0.1) is 0 Å². The van der Waals surface area contributed by atoms with Crippen molar-refractivity contribution in [2.75, 3.05) is 5.32 Å². The number of carbonyl (C=O) groups excluding carboxylic acids is 1. The van der Waals surface area contributed by atoms with Crippen molar-refractivity contribution < 1.29 is 4.79 Å². The number of nitrogens with one attached hydrogen (secondary N) is 1. The number of amides is 1. The zero-order chi connectivity index (χ0) is 19.7. The third-order valence-electron chi connectivity index (χ3n) is 4.57. The first kappa shape index (κ1) is 18.3. The summed E-state index contributed by atoms with van der Waals surface area (Å²) in [6, 6.07) is 13.1. The van der Waals surface area contributed by atoms with E-state index in [2.05, 4.69) is 22.3 Å². The molecule has 2 aromatic heterocycles. The number of aromatic nitrogens is 3. The molecule has 0 aliphatic rings. The fourth-order valence-electron chi connectivity index (χ4n) is 3.10. The topological polar surface area (TPSA) is 76.9 Å². The average molecular weight is 392 g/mol. The standard InChI is InChI=1S/C21H20N4O2S/c1-3-4-11-25-20(27)15-8-6-5-7-14(15)18(24-25)19(26)23-21-22-16-10-9-13(2)12-17(16)28-21/h5-10,12H,3-4,11H2,1-2H3,(H,22,23,26). The predicted molar refractivity (Wildman–Crippen MR) is 113 cm³/mol. The van der Waals surface area contributed by atoms with E-state index in [-0.39, 0.29) is 17.2 Å². The Balaban J connectivity index is 1.75. The number of fused-ring (bicyclic) bond motifs is 2. The number of aryl methyl sites for hydroxylation is 2. The van der Waals surface area contributed by atoms with Crippen molar-refractivity contribution in [3.8, 4) is 0 Å². The van der Waals surface area contributed by atoms with Crippen LogP contribution in [0.3, 0.4) is 0 Å². The summed E-state index contributed by atoms with van der Waals surface area (Å²) in [5, 5.41) is 8.79. The molecule has 0 unspecified atom stereocenters. The summed E-state index contributed by atoms with van der Waals surface area (Å²) in [5.41, 5.74) is 2.05. The summed E-state index contributed by atoms with van der Waals surface area (Å²) in [5.74, 6) is -0.364. The Bertz CT molecular complexity index is 1240. The highest BCUT2D eigenvalue weighted by Gasteiger charge is 2.18. The van der Waals surface area contributed by atoms with Gasteiger partial charge >= 0.3 is 0 Å². The number of unbranched alkanes of at least 4 members (excludes halogenated alkanes) is 1. The maximum Gasteiger partial charge on any atom is 0.278 e. The van der Waals surface area contributed by atoms with E-state index < -0.39 is 0 Å². The minimum atomic E-state index is -0.364. The van der Waals surface area contributed by atoms with Crippen LogP contribution in [0.4, 0.5) is 5.13 Å². The Labute approximate surface area is 165 Å². The van der Waals surface area contributed by atoms with Gasteiger partial charge in [0.05, 0.1) is 15.6 Å². The highest BCUT2D eigenvalue weighted by molar-refractivity contribution is 7.22. The number of rotatable bonds is 5. The minimum Gasteiger partial charge on any atom is -0.296 e. The minimum absolute atomic E-state index is 0.170. The largest absolute Gasteiger partial charge is 0.296 e. The van der Waals surface area contributed by atoms with Gasteiger partial charge in [0.1, 0.15) is 0 Å². The Hall–Kier alpha value is -3.06. The summed E-state index contributed by atoms with van der Waals surface area (Å²) in [7, 11) is 0. The lowest BCUT2D eigenvalue weighted by molar-refractivity contribution is 0.102. The molecule has 4 aromatic rings. The lowest BCUT2D eigenvalue weighted by Gasteiger charge is -2.10. The van der Waals surface area contributed by atoms with Gasteiger partial charge < -0.3 is 0 Å². The number of nitrogens with zero attached hydrogens (tertiary/aromatic N) is 3. The summed E-state index contributed by atoms with van der Waals surface area (Å²) < 4.78 is 2.41. The molecule has 6 nitrogen and oxygen atoms in total. The zero-order valence-electron chi connectivity index (χ0n) is 15.7. The molecular formula is C21H20N4O2S. The van der Waals surface area contributed by atoms with E-state index in [9.17, 15) is 9.59 Å². The first-order chi connectivity index (χ1) is 13.6. The molecular weight excluding hydrogens is 372 g/mol. The second-order valence-corrected chi connectivity index (χ2v) is 7.75. The molecule has 142 valence electrons. The molecule has 0 bridgehead atoms. The van der Waals surface area contributed by atoms with Crippen molar-refractivity contribution in [1.82, 2.24) is 14.8 Å². The first-order valence-corrected chi connectivity index (χ1v) is 10.1. The Morgan fingerprint density at radius 3 is 2.75 bits per heavy atom. The third kappa shape index (κ3) is 3.41. The van der Waals surface area contributed by atoms with E-state index >= 15 is 0 Å². The van der Waals surface area contributed by atoms with Crippen LogP contribution < -0.4 is 10.9 Å². The van der Waals surface area contributed by atoms with Gasteiger partial charge in [-0.25, -0.2) is 9.67 Å². The number of anilines is 1. The first-order valence-electron chi connectivity index (χ1n) is 9.25. The van der Waals surface area contributed by atoms with Crippen LogP contribution in [0.5, 0.6) is 0 Å². The molecule has 0 aliphatic carbocycles. The zero-order valence-corrected chi connectivity index (χ0v) is 16.5. The van der Waals surface area contributed by atoms with Crippen LogP contribution in [0, 0.1) is 6.92 Å². The van der Waals surface area contributed by atoms with Gasteiger partial charge in [-0.05, 0) is 37.1 Å². The predicted octanol–water partition coefficient (Wildman–Crippen LogP) is 4.37. The molecule has 0 aliphatic heterocycles. The molecule has 28 heavy (non-hydrogen) atoms. The summed E-state index contributed by atoms with van der Waals surface area (Å²) in [4.78, 5) is 30.1. The van der Waals surface area contributed by atoms with E-state index in [1.165, 1.54) is 16.0 Å². The monoisotopic (exact) mass is 392 g/mol. The van der Waals surface area contributed by atoms with Crippen LogP contribution in [0.1, 0.15) is 35.8 Å². The van der Waals surface area contributed by atoms with Gasteiger partial charge in [0.15, 0.2) is 10.8 Å². The highest BCUT2D eigenvalue weighted by atomic mass is 32.1. The molecule has 0 fully saturated rings. The molecule has 7 heteroatoms. The second-order valence-electron chi connectivity index (χ2n) is 6.72. The van der Waals surface area contributed by atoms with Crippen molar-refractivity contribution in [3.05, 3.63) is 64.1 Å². The average Bonchev–Trinajstić information content (AvgIpc) is 3.08. The fraction of sp³-hybridized carbons (Fsp3) is 0.238. The molecule has 0 radical (unpaired) electrons. The van der Waals surface area contributed by atoms with E-state index in [4.69, 9.17) is 0 Å². The lowest BCUT2D eigenvalue weighted by Crippen LogP contribution is -2.27. The molecule has 4 rings (SSSR count). The molecule has 0 saturated heterocycles. The summed E-state index contributed by atoms with van der Waals surface area (Å²) >= 11 is 1.42. The highest BCUT2D eigenvalue weighted by Crippen LogP contribution is 2.27. The van der Waals surface area contributed by atoms with Gasteiger partial charge in [-0.2, -0.15) is 5.10 Å². The Kier molecular flexibility index (Phi) is 4.92. The molecule has 0 atom stereocenters. The van der Waals surface area contributed by atoms with Crippen LogP contribution in [0.15, 0.2) is 47.3 Å². The van der Waals surface area contributed by atoms with Crippen LogP contribution in [-0.4, -0.2) is 20.7 Å². The molecule has 0 saturated carbocycles. The molecule has 1 N–H and O–H groups in total. The van der Waals surface area contributed by atoms with Crippen LogP contribution in [-0.2, 0) is 6.54 Å². The van der Waals surface area contributed by atoms with Gasteiger partial charge in [-0.3, -0.25) is 14.9 Å². The fourth-order valence-corrected chi connectivity index (χ4v) is 4.06. The van der Waals surface area contributed by atoms with Gasteiger partial charge in [0.2, 0.25) is 0 Å². The smallest absolute Gasteiger partial charge is 0.278 e. The molecule has 2 aromatic carbocycles. The van der Waals surface area contributed by atoms with Crippen LogP contribution in [0.2, 0.25) is 0 Å². The number of thiazole rings is 1. The normalized spacial score (nSPS) is 11.2. The number of hydrogen-bond acceptors (Lipinski definition) is 5. The van der Waals surface area contributed by atoms with Crippen LogP contribution in [0.25, 0.3) is 21.0 Å². The quantitative estimate of drug-likeness (QED) is 0.547. The van der Waals surface area contributed by atoms with Crippen molar-refractivity contribution >= 4 is 43.4 Å². The Morgan fingerprint density at radius 1 is 1.18 bits per heavy atom. The molecule has 2 heterocycles. The number of benzene rings is 2. The van der Waals surface area contributed by atoms with Crippen molar-refractivity contribution in [2.24, 2.45) is 0 Å². The summed E-state index contributed by atoms with van der Waals surface area (Å²) in [6.45, 7) is 4.56. The maximum absolute atomic E-state index is 13.0. The Morgan fingerprint density at radius 2 is 1.96 bits per heavy atom. The maximum atomic E-state index is 13.0. The number of hydrogen-bond donors (Lipinski definition) is 1. The SMILES string of the molecule is CCCCn1nc(C(=O)Nc2nc3ccc(C)cc3s2)c2ccccc2c1=O. The lowest BCUT2D eigenvalue weighted by atomic mass is 10.1. The van der Waals surface area contributed by atoms with Gasteiger partial charge in [0.25, 0.3) is 11.5 Å². The van der Waals surface area contributed by atoms with Crippen molar-refractivity contribution in [2.45, 2.75) is 33.2 Å². The van der Waals surface area contributed by atoms with Crippen molar-refractivity contribution in [1.29, 1.82) is 0 Å². The van der Waals surface area contributed by atoms with Crippen molar-refractivity contribution in [3.63, 3.8) is 0 Å². The van der Waals surface area contributed by atoms with E-state index in [1.54, 1.807) is 24.3 Å².